The van der Waals surface area contributed by atoms with Gasteiger partial charge < -0.3 is 9.84 Å². The van der Waals surface area contributed by atoms with E-state index in [0.717, 1.165) is 37.4 Å². The number of hydrogen-bond acceptors (Lipinski definition) is 7. The van der Waals surface area contributed by atoms with Gasteiger partial charge in [-0.15, -0.1) is 0 Å². The van der Waals surface area contributed by atoms with Gasteiger partial charge in [0.1, 0.15) is 21.7 Å². The van der Waals surface area contributed by atoms with Crippen LogP contribution in [0, 0.1) is 0 Å². The van der Waals surface area contributed by atoms with Crippen LogP contribution in [-0.2, 0) is 10.0 Å². The minimum Gasteiger partial charge on any atom is -0.490 e. The molecule has 3 aromatic rings. The summed E-state index contributed by atoms with van der Waals surface area (Å²) < 4.78 is 42.2. The van der Waals surface area contributed by atoms with E-state index >= 15 is 0 Å². The summed E-state index contributed by atoms with van der Waals surface area (Å²) in [6.45, 7) is 0. The summed E-state index contributed by atoms with van der Waals surface area (Å²) in [6.07, 6.45) is 4.10. The number of rotatable bonds is 6. The summed E-state index contributed by atoms with van der Waals surface area (Å²) in [5, 5.41) is 9.45. The first kappa shape index (κ1) is 18.6. The fourth-order valence-electron chi connectivity index (χ4n) is 3.26. The molecule has 28 heavy (non-hydrogen) atoms. The molecule has 1 heterocycles. The Labute approximate surface area is 165 Å². The molecule has 0 saturated heterocycles. The van der Waals surface area contributed by atoms with Gasteiger partial charge in [0.2, 0.25) is 0 Å². The Balaban J connectivity index is 1.70. The number of hydrogen-bond donors (Lipinski definition) is 2. The number of aromatic carboxylic acids is 1. The molecular weight excluding hydrogens is 402 g/mol. The zero-order chi connectivity index (χ0) is 19.7. The summed E-state index contributed by atoms with van der Waals surface area (Å²) in [7, 11) is -4.07. The van der Waals surface area contributed by atoms with Crippen molar-refractivity contribution in [3.05, 3.63) is 42.0 Å². The number of aromatic nitrogens is 2. The molecule has 0 bridgehead atoms. The Bertz CT molecular complexity index is 1140. The van der Waals surface area contributed by atoms with Crippen molar-refractivity contribution in [3.63, 3.8) is 0 Å². The van der Waals surface area contributed by atoms with Gasteiger partial charge >= 0.3 is 5.97 Å². The van der Waals surface area contributed by atoms with E-state index in [2.05, 4.69) is 13.5 Å². The lowest BCUT2D eigenvalue weighted by Gasteiger charge is -2.16. The van der Waals surface area contributed by atoms with Crippen molar-refractivity contribution in [2.45, 2.75) is 36.7 Å². The standard InChI is InChI=1S/C18H17N3O5S2/c22-18(23)13-9-8-12(26-11-4-1-2-5-11)10-15(13)21-28(24,25)16-7-3-6-14-17(16)20-27-19-14/h3,6-11,21H,1-2,4-5H2,(H,22,23). The van der Waals surface area contributed by atoms with Gasteiger partial charge in [-0.05, 0) is 49.9 Å². The number of anilines is 1. The number of carboxylic acid groups (broad SMARTS) is 1. The van der Waals surface area contributed by atoms with Crippen LogP contribution in [0.25, 0.3) is 11.0 Å². The van der Waals surface area contributed by atoms with Gasteiger partial charge in [-0.1, -0.05) is 6.07 Å². The summed E-state index contributed by atoms with van der Waals surface area (Å²) in [4.78, 5) is 11.5. The molecule has 0 unspecified atom stereocenters. The summed E-state index contributed by atoms with van der Waals surface area (Å²) in [6, 6.07) is 8.94. The monoisotopic (exact) mass is 419 g/mol. The van der Waals surface area contributed by atoms with Gasteiger partial charge in [-0.3, -0.25) is 4.72 Å². The Hall–Kier alpha value is -2.72. The molecular formula is C18H17N3O5S2. The van der Waals surface area contributed by atoms with Crippen LogP contribution in [0.3, 0.4) is 0 Å². The second-order valence-corrected chi connectivity index (χ2v) is 8.71. The zero-order valence-corrected chi connectivity index (χ0v) is 16.3. The molecule has 1 fully saturated rings. The van der Waals surface area contributed by atoms with Crippen LogP contribution in [-0.4, -0.2) is 34.3 Å². The number of carbonyl (C=O) groups is 1. The Morgan fingerprint density at radius 3 is 2.71 bits per heavy atom. The van der Waals surface area contributed by atoms with E-state index in [-0.39, 0.29) is 27.8 Å². The van der Waals surface area contributed by atoms with Crippen LogP contribution in [0.5, 0.6) is 5.75 Å². The normalized spacial score (nSPS) is 15.0. The van der Waals surface area contributed by atoms with Crippen molar-refractivity contribution in [1.82, 2.24) is 8.75 Å². The molecule has 1 saturated carbocycles. The highest BCUT2D eigenvalue weighted by Gasteiger charge is 2.23. The van der Waals surface area contributed by atoms with Crippen molar-refractivity contribution in [2.75, 3.05) is 4.72 Å². The predicted molar refractivity (Wildman–Crippen MR) is 105 cm³/mol. The van der Waals surface area contributed by atoms with E-state index in [1.165, 1.54) is 18.2 Å². The van der Waals surface area contributed by atoms with Gasteiger partial charge in [-0.2, -0.15) is 8.75 Å². The molecule has 8 nitrogen and oxygen atoms in total. The average Bonchev–Trinajstić information content (AvgIpc) is 3.32. The second-order valence-electron chi connectivity index (χ2n) is 6.53. The quantitative estimate of drug-likeness (QED) is 0.627. The molecule has 2 aromatic carbocycles. The van der Waals surface area contributed by atoms with Crippen molar-refractivity contribution < 1.29 is 23.1 Å². The molecule has 0 spiro atoms. The number of nitrogens with one attached hydrogen (secondary N) is 1. The highest BCUT2D eigenvalue weighted by Crippen LogP contribution is 2.30. The number of carboxylic acids is 1. The molecule has 0 aliphatic heterocycles. The molecule has 2 N–H and O–H groups in total. The van der Waals surface area contributed by atoms with Crippen molar-refractivity contribution in [2.24, 2.45) is 0 Å². The number of nitrogens with zero attached hydrogens (tertiary/aromatic N) is 2. The van der Waals surface area contributed by atoms with Gasteiger partial charge in [0.05, 0.1) is 29.1 Å². The largest absolute Gasteiger partial charge is 0.490 e. The molecule has 0 radical (unpaired) electrons. The fourth-order valence-corrected chi connectivity index (χ4v) is 5.10. The third-order valence-corrected chi connectivity index (χ3v) is 6.55. The molecule has 1 aromatic heterocycles. The second kappa shape index (κ2) is 7.36. The van der Waals surface area contributed by atoms with Crippen LogP contribution in [0.2, 0.25) is 0 Å². The third kappa shape index (κ3) is 3.65. The first-order chi connectivity index (χ1) is 13.4. The smallest absolute Gasteiger partial charge is 0.337 e. The van der Waals surface area contributed by atoms with E-state index in [0.29, 0.717) is 11.3 Å². The van der Waals surface area contributed by atoms with Crippen molar-refractivity contribution >= 4 is 44.4 Å². The SMILES string of the molecule is O=C(O)c1ccc(OC2CCCC2)cc1NS(=O)(=O)c1cccc2nsnc12. The van der Waals surface area contributed by atoms with Crippen LogP contribution >= 0.6 is 11.7 Å². The van der Waals surface area contributed by atoms with Crippen LogP contribution < -0.4 is 9.46 Å². The highest BCUT2D eigenvalue weighted by atomic mass is 32.2. The van der Waals surface area contributed by atoms with Crippen LogP contribution in [0.15, 0.2) is 41.3 Å². The van der Waals surface area contributed by atoms with Crippen molar-refractivity contribution in [3.8, 4) is 5.75 Å². The van der Waals surface area contributed by atoms with Gasteiger partial charge in [0, 0.05) is 6.07 Å². The Kier molecular flexibility index (Phi) is 4.90. The number of benzene rings is 2. The van der Waals surface area contributed by atoms with E-state index in [9.17, 15) is 18.3 Å². The molecule has 0 atom stereocenters. The Morgan fingerprint density at radius 2 is 1.96 bits per heavy atom. The Morgan fingerprint density at radius 1 is 1.18 bits per heavy atom. The predicted octanol–water partition coefficient (Wildman–Crippen LogP) is 3.51. The lowest BCUT2D eigenvalue weighted by Crippen LogP contribution is -2.17. The lowest BCUT2D eigenvalue weighted by atomic mass is 10.1. The van der Waals surface area contributed by atoms with Gasteiger partial charge in [0.25, 0.3) is 10.0 Å². The van der Waals surface area contributed by atoms with Crippen LogP contribution in [0.4, 0.5) is 5.69 Å². The maximum atomic E-state index is 12.9. The maximum Gasteiger partial charge on any atom is 0.337 e. The number of ether oxygens (including phenoxy) is 1. The summed E-state index contributed by atoms with van der Waals surface area (Å²) in [5.41, 5.74) is 0.494. The molecule has 1 aliphatic carbocycles. The van der Waals surface area contributed by atoms with Crippen molar-refractivity contribution in [1.29, 1.82) is 0 Å². The van der Waals surface area contributed by atoms with Crippen LogP contribution in [0.1, 0.15) is 36.0 Å². The zero-order valence-electron chi connectivity index (χ0n) is 14.7. The first-order valence-corrected chi connectivity index (χ1v) is 10.9. The molecule has 146 valence electrons. The van der Waals surface area contributed by atoms with E-state index in [1.54, 1.807) is 18.2 Å². The number of fused-ring (bicyclic) bond motifs is 1. The molecule has 1 aliphatic rings. The summed E-state index contributed by atoms with van der Waals surface area (Å²) >= 11 is 0.911. The molecule has 0 amide bonds. The van der Waals surface area contributed by atoms with Gasteiger partial charge in [0.15, 0.2) is 0 Å². The molecule has 4 rings (SSSR count). The fraction of sp³-hybridized carbons (Fsp3) is 0.278. The lowest BCUT2D eigenvalue weighted by molar-refractivity contribution is 0.0698. The average molecular weight is 419 g/mol. The molecule has 10 heteroatoms. The first-order valence-electron chi connectivity index (χ1n) is 8.72. The van der Waals surface area contributed by atoms with E-state index in [1.807, 2.05) is 0 Å². The minimum atomic E-state index is -4.07. The minimum absolute atomic E-state index is 0.0526. The van der Waals surface area contributed by atoms with Gasteiger partial charge in [-0.25, -0.2) is 13.2 Å². The topological polar surface area (TPSA) is 118 Å². The van der Waals surface area contributed by atoms with E-state index in [4.69, 9.17) is 4.74 Å². The number of sulfonamides is 1. The third-order valence-electron chi connectivity index (χ3n) is 4.61. The summed E-state index contributed by atoms with van der Waals surface area (Å²) in [5.74, 6) is -0.804. The maximum absolute atomic E-state index is 12.9. The highest BCUT2D eigenvalue weighted by molar-refractivity contribution is 7.93. The van der Waals surface area contributed by atoms with E-state index < -0.39 is 16.0 Å².